The highest BCUT2D eigenvalue weighted by molar-refractivity contribution is 7.81. The number of aliphatic carboxylic acids is 1. The quantitative estimate of drug-likeness (QED) is 0.271. The monoisotopic (exact) mass is 348 g/mol. The molecule has 0 radical (unpaired) electrons. The lowest BCUT2D eigenvalue weighted by Gasteiger charge is -2.06. The molecule has 1 atom stereocenters. The van der Waals surface area contributed by atoms with Gasteiger partial charge in [-0.05, 0) is 13.3 Å². The summed E-state index contributed by atoms with van der Waals surface area (Å²) in [6.07, 6.45) is 13.2. The van der Waals surface area contributed by atoms with Crippen LogP contribution >= 0.6 is 12.6 Å². The maximum Gasteiger partial charge on any atom is 0.318 e. The van der Waals surface area contributed by atoms with Gasteiger partial charge in [0.1, 0.15) is 0 Å². The summed E-state index contributed by atoms with van der Waals surface area (Å²) in [5, 5.41) is 7.42. The summed E-state index contributed by atoms with van der Waals surface area (Å²) in [4.78, 5) is 20.5. The van der Waals surface area contributed by atoms with Gasteiger partial charge in [0, 0.05) is 6.42 Å². The summed E-state index contributed by atoms with van der Waals surface area (Å²) >= 11 is 4.02. The molecule has 0 saturated carbocycles. The first-order valence-corrected chi connectivity index (χ1v) is 9.53. The van der Waals surface area contributed by atoms with E-state index in [1.54, 1.807) is 13.8 Å². The minimum Gasteiger partial charge on any atom is -0.481 e. The van der Waals surface area contributed by atoms with Crippen LogP contribution in [-0.2, 0) is 14.3 Å². The van der Waals surface area contributed by atoms with Crippen LogP contribution in [0.15, 0.2) is 0 Å². The van der Waals surface area contributed by atoms with Gasteiger partial charge >= 0.3 is 11.9 Å². The van der Waals surface area contributed by atoms with E-state index in [2.05, 4.69) is 19.6 Å². The highest BCUT2D eigenvalue weighted by Gasteiger charge is 2.07. The van der Waals surface area contributed by atoms with Crippen molar-refractivity contribution >= 4 is 24.6 Å². The molecule has 0 spiro atoms. The molecule has 0 rings (SSSR count). The van der Waals surface area contributed by atoms with Crippen LogP contribution in [0.1, 0.15) is 91.4 Å². The van der Waals surface area contributed by atoms with Gasteiger partial charge in [-0.2, -0.15) is 12.6 Å². The van der Waals surface area contributed by atoms with Gasteiger partial charge in [0.2, 0.25) is 0 Å². The maximum atomic E-state index is 11.1. The molecule has 0 heterocycles. The molecule has 1 N–H and O–H groups in total. The van der Waals surface area contributed by atoms with Crippen molar-refractivity contribution in [3.63, 3.8) is 0 Å². The average molecular weight is 349 g/mol. The summed E-state index contributed by atoms with van der Waals surface area (Å²) in [7, 11) is 0. The van der Waals surface area contributed by atoms with Crippen molar-refractivity contribution in [3.05, 3.63) is 0 Å². The Morgan fingerprint density at radius 1 is 0.913 bits per heavy atom. The normalized spacial score (nSPS) is 11.3. The van der Waals surface area contributed by atoms with E-state index in [4.69, 9.17) is 9.84 Å². The summed E-state index contributed by atoms with van der Waals surface area (Å²) in [6, 6.07) is 0. The van der Waals surface area contributed by atoms with Gasteiger partial charge in [0.15, 0.2) is 0 Å². The Balaban J connectivity index is 0. The van der Waals surface area contributed by atoms with Gasteiger partial charge in [-0.15, -0.1) is 0 Å². The van der Waals surface area contributed by atoms with Gasteiger partial charge in [-0.25, -0.2) is 0 Å². The fraction of sp³-hybridized carbons (Fsp3) is 0.889. The van der Waals surface area contributed by atoms with Crippen LogP contribution in [0.3, 0.4) is 0 Å². The number of hydrogen-bond donors (Lipinski definition) is 2. The second-order valence-corrected chi connectivity index (χ2v) is 6.55. The number of carboxylic acid groups (broad SMARTS) is 1. The molecule has 0 aromatic rings. The second kappa shape index (κ2) is 19.3. The van der Waals surface area contributed by atoms with E-state index in [0.29, 0.717) is 6.61 Å². The van der Waals surface area contributed by atoms with Crippen LogP contribution in [0, 0.1) is 0 Å². The number of ether oxygens (including phenoxy) is 1. The second-order valence-electron chi connectivity index (χ2n) is 5.77. The Hall–Kier alpha value is -0.710. The third-order valence-electron chi connectivity index (χ3n) is 3.39. The minimum absolute atomic E-state index is 0.200. The summed E-state index contributed by atoms with van der Waals surface area (Å²) in [6.45, 7) is 6.15. The first-order chi connectivity index (χ1) is 11.0. The number of hydrogen-bond acceptors (Lipinski definition) is 4. The van der Waals surface area contributed by atoms with Crippen LogP contribution in [0.4, 0.5) is 0 Å². The molecule has 138 valence electrons. The molecule has 0 saturated heterocycles. The van der Waals surface area contributed by atoms with Crippen LogP contribution in [-0.4, -0.2) is 28.9 Å². The van der Waals surface area contributed by atoms with E-state index in [9.17, 15) is 9.59 Å². The van der Waals surface area contributed by atoms with Crippen molar-refractivity contribution in [2.45, 2.75) is 96.7 Å². The van der Waals surface area contributed by atoms with Crippen molar-refractivity contribution in [3.8, 4) is 0 Å². The van der Waals surface area contributed by atoms with Crippen molar-refractivity contribution in [1.29, 1.82) is 0 Å². The number of carbonyl (C=O) groups excluding carboxylic acids is 1. The highest BCUT2D eigenvalue weighted by Crippen LogP contribution is 2.10. The summed E-state index contributed by atoms with van der Waals surface area (Å²) < 4.78 is 5.06. The van der Waals surface area contributed by atoms with Crippen LogP contribution in [0.2, 0.25) is 0 Å². The molecule has 0 aliphatic carbocycles. The fourth-order valence-electron chi connectivity index (χ4n) is 1.88. The van der Waals surface area contributed by atoms with Crippen LogP contribution in [0.25, 0.3) is 0 Å². The molecule has 5 heteroatoms. The fourth-order valence-corrected chi connectivity index (χ4v) is 1.96. The van der Waals surface area contributed by atoms with Crippen LogP contribution in [0.5, 0.6) is 0 Å². The first-order valence-electron chi connectivity index (χ1n) is 9.02. The van der Waals surface area contributed by atoms with E-state index in [0.717, 1.165) is 6.42 Å². The summed E-state index contributed by atoms with van der Waals surface area (Å²) in [5.74, 6) is -0.945. The third-order valence-corrected chi connectivity index (χ3v) is 3.60. The molecule has 1 unspecified atom stereocenters. The molecular weight excluding hydrogens is 312 g/mol. The number of thiol groups is 1. The zero-order valence-corrected chi connectivity index (χ0v) is 16.1. The Labute approximate surface area is 147 Å². The van der Waals surface area contributed by atoms with Crippen molar-refractivity contribution in [1.82, 2.24) is 0 Å². The Morgan fingerprint density at radius 2 is 1.30 bits per heavy atom. The summed E-state index contributed by atoms with van der Waals surface area (Å²) in [5.41, 5.74) is 0. The number of unbranched alkanes of at least 4 members (excludes halogenated alkanes) is 9. The Kier molecular flexibility index (Phi) is 20.6. The van der Waals surface area contributed by atoms with E-state index < -0.39 is 5.97 Å². The number of carboxylic acids is 1. The number of esters is 1. The molecule has 0 amide bonds. The van der Waals surface area contributed by atoms with Gasteiger partial charge in [-0.1, -0.05) is 71.6 Å². The molecule has 0 fully saturated rings. The first kappa shape index (κ1) is 24.5. The molecule has 0 aliphatic heterocycles. The molecule has 0 aliphatic rings. The van der Waals surface area contributed by atoms with Crippen molar-refractivity contribution in [2.24, 2.45) is 0 Å². The Morgan fingerprint density at radius 3 is 1.65 bits per heavy atom. The number of rotatable bonds is 13. The van der Waals surface area contributed by atoms with Gasteiger partial charge in [0.25, 0.3) is 0 Å². The molecular formula is C18H36O4S. The van der Waals surface area contributed by atoms with E-state index >= 15 is 0 Å². The lowest BCUT2D eigenvalue weighted by Crippen LogP contribution is -2.15. The lowest BCUT2D eigenvalue weighted by molar-refractivity contribution is -0.142. The lowest BCUT2D eigenvalue weighted by atomic mass is 10.1. The van der Waals surface area contributed by atoms with Crippen molar-refractivity contribution < 1.29 is 19.4 Å². The molecule has 23 heavy (non-hydrogen) atoms. The zero-order chi connectivity index (χ0) is 17.9. The standard InChI is InChI=1S/C15H30O2S.C3H6O2/c1-3-4-5-6-7-8-9-10-11-12-13-17-15(16)14(2)18;1-2-3(4)5/h14,18H,3-13H2,1-2H3;2H2,1H3,(H,4,5). The maximum absolute atomic E-state index is 11.1. The van der Waals surface area contributed by atoms with Gasteiger partial charge in [-0.3, -0.25) is 9.59 Å². The Bertz CT molecular complexity index is 280. The molecule has 0 aromatic carbocycles. The SMILES string of the molecule is CCC(=O)O.CCCCCCCCCCCCOC(=O)C(C)S. The van der Waals surface area contributed by atoms with E-state index in [1.165, 1.54) is 57.8 Å². The van der Waals surface area contributed by atoms with Crippen molar-refractivity contribution in [2.75, 3.05) is 6.61 Å². The van der Waals surface area contributed by atoms with E-state index in [-0.39, 0.29) is 17.6 Å². The third kappa shape index (κ3) is 23.7. The van der Waals surface area contributed by atoms with Gasteiger partial charge in [0.05, 0.1) is 11.9 Å². The van der Waals surface area contributed by atoms with E-state index in [1.807, 2.05) is 0 Å². The van der Waals surface area contributed by atoms with Gasteiger partial charge < -0.3 is 9.84 Å². The predicted octanol–water partition coefficient (Wildman–Crippen LogP) is 5.25. The predicted molar refractivity (Wildman–Crippen MR) is 99.2 cm³/mol. The number of carbonyl (C=O) groups is 2. The van der Waals surface area contributed by atoms with Crippen LogP contribution < -0.4 is 0 Å². The average Bonchev–Trinajstić information content (AvgIpc) is 2.52. The minimum atomic E-state index is -0.745. The topological polar surface area (TPSA) is 63.6 Å². The molecule has 4 nitrogen and oxygen atoms in total. The molecule has 0 aromatic heterocycles. The largest absolute Gasteiger partial charge is 0.481 e. The highest BCUT2D eigenvalue weighted by atomic mass is 32.1. The zero-order valence-electron chi connectivity index (χ0n) is 15.2. The smallest absolute Gasteiger partial charge is 0.318 e. The molecule has 0 bridgehead atoms.